The molecular formula is C23H28N4O3S. The Bertz CT molecular complexity index is 1070. The molecule has 1 aliphatic heterocycles. The number of thiophene rings is 1. The topological polar surface area (TPSA) is 67.7 Å². The molecule has 0 radical (unpaired) electrons. The summed E-state index contributed by atoms with van der Waals surface area (Å²) in [5.41, 5.74) is 1.70. The van der Waals surface area contributed by atoms with Crippen molar-refractivity contribution in [1.29, 1.82) is 0 Å². The molecule has 0 unspecified atom stereocenters. The van der Waals surface area contributed by atoms with Gasteiger partial charge in [-0.2, -0.15) is 0 Å². The molecule has 2 aromatic heterocycles. The van der Waals surface area contributed by atoms with E-state index in [1.807, 2.05) is 58.8 Å². The molecule has 7 nitrogen and oxygen atoms in total. The summed E-state index contributed by atoms with van der Waals surface area (Å²) in [7, 11) is 3.88. The minimum atomic E-state index is -0.798. The summed E-state index contributed by atoms with van der Waals surface area (Å²) in [5.74, 6) is 0.194. The average Bonchev–Trinajstić information content (AvgIpc) is 3.21. The fourth-order valence-corrected chi connectivity index (χ4v) is 4.89. The van der Waals surface area contributed by atoms with E-state index < -0.39 is 12.1 Å². The monoisotopic (exact) mass is 440 g/mol. The summed E-state index contributed by atoms with van der Waals surface area (Å²) in [4.78, 5) is 35.3. The largest absolute Gasteiger partial charge is 0.448 e. The van der Waals surface area contributed by atoms with Gasteiger partial charge in [0.05, 0.1) is 0 Å². The third-order valence-corrected chi connectivity index (χ3v) is 6.57. The molecule has 0 aliphatic carbocycles. The number of hydrogen-bond donors (Lipinski definition) is 0. The first-order chi connectivity index (χ1) is 15.0. The maximum absolute atomic E-state index is 12.8. The van der Waals surface area contributed by atoms with Gasteiger partial charge in [-0.1, -0.05) is 31.0 Å². The van der Waals surface area contributed by atoms with Gasteiger partial charge in [-0.15, -0.1) is 11.3 Å². The van der Waals surface area contributed by atoms with Gasteiger partial charge in [0.15, 0.2) is 6.10 Å². The van der Waals surface area contributed by atoms with Crippen LogP contribution in [0.15, 0.2) is 36.4 Å². The number of anilines is 1. The van der Waals surface area contributed by atoms with Crippen molar-refractivity contribution in [1.82, 2.24) is 14.5 Å². The molecule has 0 spiro atoms. The Kier molecular flexibility index (Phi) is 6.27. The van der Waals surface area contributed by atoms with Crippen LogP contribution in [0.25, 0.3) is 16.0 Å². The van der Waals surface area contributed by atoms with Crippen molar-refractivity contribution in [2.24, 2.45) is 0 Å². The number of likely N-dealkylation sites (tertiary alicyclic amines) is 1. The normalized spacial score (nSPS) is 15.5. The zero-order chi connectivity index (χ0) is 22.0. The fourth-order valence-electron chi connectivity index (χ4n) is 3.89. The van der Waals surface area contributed by atoms with Crippen LogP contribution in [0, 0.1) is 0 Å². The average molecular weight is 441 g/mol. The lowest BCUT2D eigenvalue weighted by atomic mass is 10.2. The van der Waals surface area contributed by atoms with Gasteiger partial charge in [0.2, 0.25) is 5.95 Å². The van der Waals surface area contributed by atoms with Crippen LogP contribution in [0.4, 0.5) is 5.95 Å². The molecule has 3 aromatic rings. The molecule has 0 saturated carbocycles. The van der Waals surface area contributed by atoms with E-state index in [2.05, 4.69) is 0 Å². The van der Waals surface area contributed by atoms with E-state index in [9.17, 15) is 9.59 Å². The van der Waals surface area contributed by atoms with E-state index in [4.69, 9.17) is 9.72 Å². The van der Waals surface area contributed by atoms with Crippen molar-refractivity contribution in [3.63, 3.8) is 0 Å². The number of aromatic nitrogens is 2. The van der Waals surface area contributed by atoms with E-state index in [-0.39, 0.29) is 5.91 Å². The van der Waals surface area contributed by atoms with Gasteiger partial charge in [0.1, 0.15) is 15.2 Å². The van der Waals surface area contributed by atoms with Gasteiger partial charge in [-0.3, -0.25) is 9.36 Å². The summed E-state index contributed by atoms with van der Waals surface area (Å²) < 4.78 is 7.58. The molecule has 4 rings (SSSR count). The maximum atomic E-state index is 12.8. The molecule has 31 heavy (non-hydrogen) atoms. The SMILES string of the molecule is C[C@@H](OC(=O)c1cc2nc(N(C)C)n(-c3ccccc3)c2s1)C(=O)N1CCCCCC1. The highest BCUT2D eigenvalue weighted by atomic mass is 32.1. The van der Waals surface area contributed by atoms with Crippen LogP contribution in [-0.2, 0) is 9.53 Å². The van der Waals surface area contributed by atoms with E-state index in [1.165, 1.54) is 11.3 Å². The standard InChI is InChI=1S/C23H28N4O3S/c1-16(20(28)26-13-9-4-5-10-14-26)30-22(29)19-15-18-21(31-19)27(23(24-18)25(2)3)17-11-7-6-8-12-17/h6-8,11-12,15-16H,4-5,9-10,13-14H2,1-3H3/t16-/m1/s1. The van der Waals surface area contributed by atoms with Crippen LogP contribution >= 0.6 is 11.3 Å². The Labute approximate surface area is 186 Å². The Balaban J connectivity index is 1.56. The molecular weight excluding hydrogens is 412 g/mol. The quantitative estimate of drug-likeness (QED) is 0.559. The second-order valence-electron chi connectivity index (χ2n) is 8.07. The predicted molar refractivity (Wildman–Crippen MR) is 123 cm³/mol. The summed E-state index contributed by atoms with van der Waals surface area (Å²) in [6.07, 6.45) is 3.50. The van der Waals surface area contributed by atoms with Crippen LogP contribution in [0.1, 0.15) is 42.3 Å². The second-order valence-corrected chi connectivity index (χ2v) is 9.10. The van der Waals surface area contributed by atoms with Crippen molar-refractivity contribution in [2.75, 3.05) is 32.1 Å². The van der Waals surface area contributed by atoms with Crippen LogP contribution in [0.5, 0.6) is 0 Å². The van der Waals surface area contributed by atoms with Gasteiger partial charge in [-0.05, 0) is 38.0 Å². The van der Waals surface area contributed by atoms with Crippen molar-refractivity contribution < 1.29 is 14.3 Å². The second kappa shape index (κ2) is 9.09. The molecule has 1 saturated heterocycles. The Hall–Kier alpha value is -2.87. The number of carbonyl (C=O) groups excluding carboxylic acids is 2. The highest BCUT2D eigenvalue weighted by Crippen LogP contribution is 2.33. The number of para-hydroxylation sites is 1. The number of rotatable bonds is 5. The number of carbonyl (C=O) groups is 2. The summed E-state index contributed by atoms with van der Waals surface area (Å²) in [5, 5.41) is 0. The van der Waals surface area contributed by atoms with E-state index in [0.29, 0.717) is 4.88 Å². The molecule has 1 atom stereocenters. The molecule has 1 aliphatic rings. The highest BCUT2D eigenvalue weighted by Gasteiger charge is 2.27. The first-order valence-corrected chi connectivity index (χ1v) is 11.5. The molecule has 164 valence electrons. The van der Waals surface area contributed by atoms with Gasteiger partial charge >= 0.3 is 5.97 Å². The Morgan fingerprint density at radius 2 is 1.77 bits per heavy atom. The lowest BCUT2D eigenvalue weighted by Gasteiger charge is -2.23. The number of fused-ring (bicyclic) bond motifs is 1. The maximum Gasteiger partial charge on any atom is 0.349 e. The van der Waals surface area contributed by atoms with Gasteiger partial charge in [0.25, 0.3) is 5.91 Å². The highest BCUT2D eigenvalue weighted by molar-refractivity contribution is 7.20. The first-order valence-electron chi connectivity index (χ1n) is 10.7. The van der Waals surface area contributed by atoms with E-state index in [0.717, 1.165) is 60.8 Å². The zero-order valence-corrected chi connectivity index (χ0v) is 19.0. The smallest absolute Gasteiger partial charge is 0.349 e. The third-order valence-electron chi connectivity index (χ3n) is 5.48. The molecule has 8 heteroatoms. The van der Waals surface area contributed by atoms with Crippen molar-refractivity contribution in [3.05, 3.63) is 41.3 Å². The molecule has 0 bridgehead atoms. The van der Waals surface area contributed by atoms with Gasteiger partial charge < -0.3 is 14.5 Å². The molecule has 1 fully saturated rings. The summed E-state index contributed by atoms with van der Waals surface area (Å²) in [6.45, 7) is 3.13. The number of ether oxygens (including phenoxy) is 1. The van der Waals surface area contributed by atoms with Crippen LogP contribution in [-0.4, -0.2) is 59.6 Å². The molecule has 0 N–H and O–H groups in total. The van der Waals surface area contributed by atoms with Crippen LogP contribution < -0.4 is 4.90 Å². The van der Waals surface area contributed by atoms with Gasteiger partial charge in [-0.25, -0.2) is 9.78 Å². The summed E-state index contributed by atoms with van der Waals surface area (Å²) in [6, 6.07) is 11.7. The van der Waals surface area contributed by atoms with Gasteiger partial charge in [0, 0.05) is 32.9 Å². The number of benzene rings is 1. The van der Waals surface area contributed by atoms with E-state index >= 15 is 0 Å². The third kappa shape index (κ3) is 4.44. The molecule has 3 heterocycles. The Morgan fingerprint density at radius 1 is 1.10 bits per heavy atom. The number of esters is 1. The lowest BCUT2D eigenvalue weighted by Crippen LogP contribution is -2.40. The van der Waals surface area contributed by atoms with E-state index in [1.54, 1.807) is 13.0 Å². The van der Waals surface area contributed by atoms with Crippen LogP contribution in [0.2, 0.25) is 0 Å². The van der Waals surface area contributed by atoms with Crippen molar-refractivity contribution >= 4 is 39.5 Å². The fraction of sp³-hybridized carbons (Fsp3) is 0.435. The number of nitrogens with zero attached hydrogens (tertiary/aromatic N) is 4. The molecule has 1 aromatic carbocycles. The van der Waals surface area contributed by atoms with Crippen molar-refractivity contribution in [2.45, 2.75) is 38.7 Å². The number of amides is 1. The number of imidazole rings is 1. The lowest BCUT2D eigenvalue weighted by molar-refractivity contribution is -0.139. The first kappa shape index (κ1) is 21.4. The zero-order valence-electron chi connectivity index (χ0n) is 18.2. The minimum Gasteiger partial charge on any atom is -0.448 e. The van der Waals surface area contributed by atoms with Crippen molar-refractivity contribution in [3.8, 4) is 5.69 Å². The molecule has 1 amide bonds. The Morgan fingerprint density at radius 3 is 2.42 bits per heavy atom. The van der Waals surface area contributed by atoms with Crippen LogP contribution in [0.3, 0.4) is 0 Å². The number of hydrogen-bond acceptors (Lipinski definition) is 6. The predicted octanol–water partition coefficient (Wildman–Crippen LogP) is 4.10. The summed E-state index contributed by atoms with van der Waals surface area (Å²) >= 11 is 1.33. The minimum absolute atomic E-state index is 0.113.